The molecule has 1 aromatic carbocycles. The third-order valence-electron chi connectivity index (χ3n) is 7.26. The second-order valence-corrected chi connectivity index (χ2v) is 10.6. The second-order valence-electron chi connectivity index (χ2n) is 10.6. The number of fused-ring (bicyclic) bond motifs is 5. The van der Waals surface area contributed by atoms with Crippen LogP contribution in [0.5, 0.6) is 0 Å². The van der Waals surface area contributed by atoms with Crippen molar-refractivity contribution < 1.29 is 14.3 Å². The molecule has 178 valence electrons. The number of hydrogen-bond donors (Lipinski definition) is 2. The van der Waals surface area contributed by atoms with Gasteiger partial charge in [0.25, 0.3) is 5.56 Å². The van der Waals surface area contributed by atoms with Crippen molar-refractivity contribution in [2.45, 2.75) is 78.1 Å². The highest BCUT2D eigenvalue weighted by Crippen LogP contribution is 2.41. The maximum absolute atomic E-state index is 14.5. The van der Waals surface area contributed by atoms with Crippen molar-refractivity contribution in [3.8, 4) is 11.4 Å². The zero-order chi connectivity index (χ0) is 24.6. The Morgan fingerprint density at radius 2 is 1.91 bits per heavy atom. The van der Waals surface area contributed by atoms with Crippen LogP contribution in [0.15, 0.2) is 23.0 Å². The molecule has 2 aromatic heterocycles. The van der Waals surface area contributed by atoms with Crippen LogP contribution < -0.4 is 10.9 Å². The van der Waals surface area contributed by atoms with E-state index in [2.05, 4.69) is 26.1 Å². The SMILES string of the molecule is CC[C@@]1(O)C(=O)CCc2c1cc1n(c2=O)Cc2c-1nc1cc(F)c(C)cc1c2CNC(C)(C)C. The molecular weight excluding hydrogens is 433 g/mol. The summed E-state index contributed by atoms with van der Waals surface area (Å²) < 4.78 is 16.2. The van der Waals surface area contributed by atoms with Crippen molar-refractivity contribution in [2.24, 2.45) is 0 Å². The molecule has 0 fully saturated rings. The minimum Gasteiger partial charge on any atom is -0.377 e. The van der Waals surface area contributed by atoms with E-state index in [0.29, 0.717) is 53.1 Å². The number of aryl methyl sites for hydroxylation is 1. The standard InChI is InChI=1S/C27H30FN3O3/c1-6-27(34)19-10-22-24-18(13-31(22)25(33)15(19)7-8-23(27)32)17(12-29-26(3,4)5)16-9-14(2)20(28)11-21(16)30-24/h9-11,29,34H,6-8,12-13H2,1-5H3/t27-/m0/s1. The number of halogens is 1. The molecule has 2 aliphatic rings. The van der Waals surface area contributed by atoms with E-state index in [4.69, 9.17) is 4.98 Å². The molecule has 1 aliphatic heterocycles. The molecule has 1 aliphatic carbocycles. The number of nitrogens with one attached hydrogen (secondary N) is 1. The van der Waals surface area contributed by atoms with Gasteiger partial charge in [-0.3, -0.25) is 9.59 Å². The maximum Gasteiger partial charge on any atom is 0.254 e. The van der Waals surface area contributed by atoms with Gasteiger partial charge in [-0.05, 0) is 63.8 Å². The first-order chi connectivity index (χ1) is 15.9. The van der Waals surface area contributed by atoms with Crippen LogP contribution in [-0.2, 0) is 29.9 Å². The number of aromatic nitrogens is 2. The highest BCUT2D eigenvalue weighted by molar-refractivity contribution is 5.92. The van der Waals surface area contributed by atoms with E-state index in [0.717, 1.165) is 16.5 Å². The minimum atomic E-state index is -1.66. The van der Waals surface area contributed by atoms with E-state index in [9.17, 15) is 19.1 Å². The number of ketones is 1. The van der Waals surface area contributed by atoms with Gasteiger partial charge in [-0.2, -0.15) is 0 Å². The molecule has 0 saturated heterocycles. The van der Waals surface area contributed by atoms with Crippen LogP contribution in [0.3, 0.4) is 0 Å². The maximum atomic E-state index is 14.5. The van der Waals surface area contributed by atoms with Crippen LogP contribution in [0.2, 0.25) is 0 Å². The Kier molecular flexibility index (Phi) is 5.08. The van der Waals surface area contributed by atoms with Gasteiger partial charge in [-0.1, -0.05) is 6.92 Å². The van der Waals surface area contributed by atoms with Crippen LogP contribution in [0.4, 0.5) is 4.39 Å². The van der Waals surface area contributed by atoms with Gasteiger partial charge in [0.1, 0.15) is 11.4 Å². The van der Waals surface area contributed by atoms with E-state index < -0.39 is 5.60 Å². The summed E-state index contributed by atoms with van der Waals surface area (Å²) in [5.74, 6) is -0.592. The summed E-state index contributed by atoms with van der Waals surface area (Å²) in [4.78, 5) is 31.0. The molecule has 34 heavy (non-hydrogen) atoms. The third-order valence-corrected chi connectivity index (χ3v) is 7.26. The first-order valence-electron chi connectivity index (χ1n) is 11.8. The topological polar surface area (TPSA) is 84.2 Å². The van der Waals surface area contributed by atoms with E-state index >= 15 is 0 Å². The summed E-state index contributed by atoms with van der Waals surface area (Å²) in [6.45, 7) is 10.6. The van der Waals surface area contributed by atoms with E-state index in [-0.39, 0.29) is 35.5 Å². The molecule has 0 unspecified atom stereocenters. The summed E-state index contributed by atoms with van der Waals surface area (Å²) in [6, 6.07) is 5.02. The molecule has 2 N–H and O–H groups in total. The number of aliphatic hydroxyl groups is 1. The van der Waals surface area contributed by atoms with Gasteiger partial charge >= 0.3 is 0 Å². The van der Waals surface area contributed by atoms with Crippen molar-refractivity contribution in [1.82, 2.24) is 14.9 Å². The molecule has 6 nitrogen and oxygen atoms in total. The molecule has 3 heterocycles. The number of carbonyl (C=O) groups is 1. The Labute approximate surface area is 197 Å². The van der Waals surface area contributed by atoms with E-state index in [1.165, 1.54) is 6.07 Å². The quantitative estimate of drug-likeness (QED) is 0.482. The number of pyridine rings is 2. The van der Waals surface area contributed by atoms with Gasteiger partial charge in [0, 0.05) is 46.6 Å². The zero-order valence-electron chi connectivity index (χ0n) is 20.3. The average molecular weight is 464 g/mol. The van der Waals surface area contributed by atoms with Crippen molar-refractivity contribution in [3.05, 3.63) is 62.2 Å². The molecule has 3 aromatic rings. The zero-order valence-corrected chi connectivity index (χ0v) is 20.3. The number of hydrogen-bond acceptors (Lipinski definition) is 5. The Morgan fingerprint density at radius 1 is 1.18 bits per heavy atom. The second kappa shape index (κ2) is 7.55. The van der Waals surface area contributed by atoms with Crippen molar-refractivity contribution in [1.29, 1.82) is 0 Å². The van der Waals surface area contributed by atoms with Crippen LogP contribution in [0.25, 0.3) is 22.3 Å². The Bertz CT molecular complexity index is 1430. The molecule has 0 bridgehead atoms. The highest BCUT2D eigenvalue weighted by Gasteiger charge is 2.43. The van der Waals surface area contributed by atoms with Crippen molar-refractivity contribution in [3.63, 3.8) is 0 Å². The predicted octanol–water partition coefficient (Wildman–Crippen LogP) is 3.87. The van der Waals surface area contributed by atoms with Crippen LogP contribution in [0, 0.1) is 12.7 Å². The highest BCUT2D eigenvalue weighted by atomic mass is 19.1. The number of rotatable bonds is 3. The fraction of sp³-hybridized carbons (Fsp3) is 0.444. The summed E-state index contributed by atoms with van der Waals surface area (Å²) in [6.07, 6.45) is 0.676. The largest absolute Gasteiger partial charge is 0.377 e. The fourth-order valence-electron chi connectivity index (χ4n) is 5.23. The molecule has 1 atom stereocenters. The number of benzene rings is 1. The summed E-state index contributed by atoms with van der Waals surface area (Å²) in [5.41, 5.74) is 3.04. The molecule has 0 radical (unpaired) electrons. The number of nitrogens with zero attached hydrogens (tertiary/aromatic N) is 2. The number of Topliss-reactive ketones (excluding diaryl/α,β-unsaturated/α-hetero) is 1. The van der Waals surface area contributed by atoms with Gasteiger partial charge < -0.3 is 15.0 Å². The van der Waals surface area contributed by atoms with Crippen LogP contribution in [-0.4, -0.2) is 26.0 Å². The lowest BCUT2D eigenvalue weighted by atomic mass is 9.77. The molecule has 0 saturated carbocycles. The normalized spacial score (nSPS) is 19.3. The molecule has 0 spiro atoms. The Hall–Kier alpha value is -2.90. The Morgan fingerprint density at radius 3 is 2.59 bits per heavy atom. The van der Waals surface area contributed by atoms with Crippen molar-refractivity contribution in [2.75, 3.05) is 0 Å². The van der Waals surface area contributed by atoms with E-state index in [1.54, 1.807) is 24.5 Å². The summed E-state index contributed by atoms with van der Waals surface area (Å²) >= 11 is 0. The van der Waals surface area contributed by atoms with Gasteiger partial charge in [-0.15, -0.1) is 0 Å². The lowest BCUT2D eigenvalue weighted by Crippen LogP contribution is -2.43. The first kappa shape index (κ1) is 22.9. The summed E-state index contributed by atoms with van der Waals surface area (Å²) in [5, 5.41) is 15.6. The molecular formula is C27H30FN3O3. The smallest absolute Gasteiger partial charge is 0.254 e. The predicted molar refractivity (Wildman–Crippen MR) is 129 cm³/mol. The average Bonchev–Trinajstić information content (AvgIpc) is 3.13. The summed E-state index contributed by atoms with van der Waals surface area (Å²) in [7, 11) is 0. The third kappa shape index (κ3) is 3.33. The lowest BCUT2D eigenvalue weighted by molar-refractivity contribution is -0.140. The first-order valence-corrected chi connectivity index (χ1v) is 11.8. The van der Waals surface area contributed by atoms with Gasteiger partial charge in [0.05, 0.1) is 23.4 Å². The minimum absolute atomic E-state index is 0.142. The van der Waals surface area contributed by atoms with E-state index in [1.807, 2.05) is 6.07 Å². The molecule has 7 heteroatoms. The lowest BCUT2D eigenvalue weighted by Gasteiger charge is -2.32. The Balaban J connectivity index is 1.79. The van der Waals surface area contributed by atoms with Gasteiger partial charge in [0.15, 0.2) is 5.78 Å². The van der Waals surface area contributed by atoms with Crippen molar-refractivity contribution >= 4 is 16.7 Å². The van der Waals surface area contributed by atoms with Gasteiger partial charge in [0.2, 0.25) is 0 Å². The monoisotopic (exact) mass is 463 g/mol. The van der Waals surface area contributed by atoms with Gasteiger partial charge in [-0.25, -0.2) is 9.37 Å². The van der Waals surface area contributed by atoms with Crippen LogP contribution >= 0.6 is 0 Å². The number of carbonyl (C=O) groups excluding carboxylic acids is 1. The molecule has 0 amide bonds. The van der Waals surface area contributed by atoms with Crippen LogP contribution in [0.1, 0.15) is 68.4 Å². The fourth-order valence-corrected chi connectivity index (χ4v) is 5.23. The molecule has 5 rings (SSSR count).